The number of carbonyl (C=O) groups is 2. The molecular formula is C15H22N2O5S. The molecule has 1 atom stereocenters. The summed E-state index contributed by atoms with van der Waals surface area (Å²) in [6.45, 7) is 4.94. The molecule has 0 fully saturated rings. The Kier molecular flexibility index (Phi) is 6.28. The van der Waals surface area contributed by atoms with Crippen LogP contribution in [0.4, 0.5) is 0 Å². The van der Waals surface area contributed by atoms with Crippen LogP contribution in [-0.4, -0.2) is 40.0 Å². The van der Waals surface area contributed by atoms with Gasteiger partial charge in [0.25, 0.3) is 0 Å². The zero-order valence-electron chi connectivity index (χ0n) is 13.6. The molecule has 8 heteroatoms. The molecule has 1 unspecified atom stereocenters. The molecule has 1 aromatic carbocycles. The van der Waals surface area contributed by atoms with Gasteiger partial charge in [-0.2, -0.15) is 4.72 Å². The van der Waals surface area contributed by atoms with Gasteiger partial charge in [0.05, 0.1) is 12.0 Å². The molecule has 2 N–H and O–H groups in total. The van der Waals surface area contributed by atoms with E-state index in [1.807, 2.05) is 0 Å². The van der Waals surface area contributed by atoms with Crippen molar-refractivity contribution in [3.8, 4) is 0 Å². The summed E-state index contributed by atoms with van der Waals surface area (Å²) < 4.78 is 31.4. The molecule has 0 aliphatic heterocycles. The van der Waals surface area contributed by atoms with Gasteiger partial charge in [0, 0.05) is 12.0 Å². The zero-order chi connectivity index (χ0) is 17.7. The van der Waals surface area contributed by atoms with Crippen LogP contribution in [0, 0.1) is 5.41 Å². The van der Waals surface area contributed by atoms with Crippen LogP contribution >= 0.6 is 0 Å². The minimum Gasteiger partial charge on any atom is -0.468 e. The predicted octanol–water partition coefficient (Wildman–Crippen LogP) is 0.669. The van der Waals surface area contributed by atoms with Gasteiger partial charge >= 0.3 is 5.97 Å². The van der Waals surface area contributed by atoms with Crippen LogP contribution in [0.15, 0.2) is 35.2 Å². The van der Waals surface area contributed by atoms with Gasteiger partial charge in [-0.15, -0.1) is 0 Å². The second-order valence-electron chi connectivity index (χ2n) is 5.97. The number of nitrogens with one attached hydrogen (secondary N) is 2. The topological polar surface area (TPSA) is 102 Å². The van der Waals surface area contributed by atoms with E-state index in [-0.39, 0.29) is 17.3 Å². The summed E-state index contributed by atoms with van der Waals surface area (Å²) in [5, 5.41) is 2.55. The van der Waals surface area contributed by atoms with Crippen LogP contribution in [0.1, 0.15) is 20.8 Å². The summed E-state index contributed by atoms with van der Waals surface area (Å²) in [5.41, 5.74) is -0.654. The third kappa shape index (κ3) is 5.65. The Bertz CT molecular complexity index is 650. The van der Waals surface area contributed by atoms with Crippen LogP contribution in [0.5, 0.6) is 0 Å². The normalized spacial score (nSPS) is 13.2. The van der Waals surface area contributed by atoms with Crippen LogP contribution in [0.25, 0.3) is 0 Å². The number of sulfonamides is 1. The maximum atomic E-state index is 12.3. The van der Waals surface area contributed by atoms with Gasteiger partial charge in [0.2, 0.25) is 15.9 Å². The summed E-state index contributed by atoms with van der Waals surface area (Å²) in [6, 6.07) is 6.43. The van der Waals surface area contributed by atoms with Crippen molar-refractivity contribution >= 4 is 21.9 Å². The van der Waals surface area contributed by atoms with Crippen LogP contribution < -0.4 is 10.0 Å². The Labute approximate surface area is 136 Å². The Hall–Kier alpha value is -1.93. The zero-order valence-corrected chi connectivity index (χ0v) is 14.4. The molecule has 23 heavy (non-hydrogen) atoms. The first kappa shape index (κ1) is 19.1. The molecule has 0 saturated carbocycles. The van der Waals surface area contributed by atoms with Gasteiger partial charge in [-0.3, -0.25) is 9.59 Å². The van der Waals surface area contributed by atoms with Crippen LogP contribution in [-0.2, 0) is 24.3 Å². The molecule has 0 aliphatic carbocycles. The fourth-order valence-corrected chi connectivity index (χ4v) is 2.84. The van der Waals surface area contributed by atoms with E-state index in [0.717, 1.165) is 7.11 Å². The molecule has 1 rings (SSSR count). The average Bonchev–Trinajstić information content (AvgIpc) is 2.50. The molecule has 1 amide bonds. The number of ether oxygens (including phenoxy) is 1. The lowest BCUT2D eigenvalue weighted by atomic mass is 9.95. The van der Waals surface area contributed by atoms with E-state index in [0.29, 0.717) is 0 Å². The van der Waals surface area contributed by atoms with Crippen molar-refractivity contribution in [2.45, 2.75) is 31.7 Å². The van der Waals surface area contributed by atoms with Crippen LogP contribution in [0.2, 0.25) is 0 Å². The van der Waals surface area contributed by atoms with E-state index in [9.17, 15) is 18.0 Å². The summed E-state index contributed by atoms with van der Waals surface area (Å²) >= 11 is 0. The first-order valence-corrected chi connectivity index (χ1v) is 8.50. The van der Waals surface area contributed by atoms with Crippen molar-refractivity contribution in [3.05, 3.63) is 30.3 Å². The maximum absolute atomic E-state index is 12.3. The minimum atomic E-state index is -3.90. The fraction of sp³-hybridized carbons (Fsp3) is 0.467. The van der Waals surface area contributed by atoms with Crippen molar-refractivity contribution in [1.29, 1.82) is 0 Å². The summed E-state index contributed by atoms with van der Waals surface area (Å²) in [5.74, 6) is -1.08. The van der Waals surface area contributed by atoms with Crippen molar-refractivity contribution < 1.29 is 22.7 Å². The van der Waals surface area contributed by atoms with E-state index in [1.165, 1.54) is 12.1 Å². The standard InChI is InChI=1S/C15H22N2O5S/c1-15(2,3)14(19)16-10-12(13(18)22-4)17-23(20,21)11-8-6-5-7-9-11/h5-9,12,17H,10H2,1-4H3,(H,16,19). The summed E-state index contributed by atoms with van der Waals surface area (Å²) in [7, 11) is -2.75. The highest BCUT2D eigenvalue weighted by Crippen LogP contribution is 2.13. The minimum absolute atomic E-state index is 0.0241. The van der Waals surface area contributed by atoms with Gasteiger partial charge < -0.3 is 10.1 Å². The number of hydrogen-bond donors (Lipinski definition) is 2. The number of carbonyl (C=O) groups excluding carboxylic acids is 2. The molecule has 0 radical (unpaired) electrons. The molecule has 0 saturated heterocycles. The maximum Gasteiger partial charge on any atom is 0.325 e. The predicted molar refractivity (Wildman–Crippen MR) is 85.0 cm³/mol. The van der Waals surface area contributed by atoms with Crippen molar-refractivity contribution in [2.24, 2.45) is 5.41 Å². The van der Waals surface area contributed by atoms with Crippen LogP contribution in [0.3, 0.4) is 0 Å². The van der Waals surface area contributed by atoms with E-state index in [2.05, 4.69) is 14.8 Å². The lowest BCUT2D eigenvalue weighted by Gasteiger charge is -2.21. The Morgan fingerprint density at radius 2 is 1.74 bits per heavy atom. The van der Waals surface area contributed by atoms with Gasteiger partial charge in [-0.05, 0) is 12.1 Å². The molecule has 7 nitrogen and oxygen atoms in total. The summed E-state index contributed by atoms with van der Waals surface area (Å²) in [4.78, 5) is 23.7. The number of methoxy groups -OCH3 is 1. The van der Waals surface area contributed by atoms with Crippen molar-refractivity contribution in [3.63, 3.8) is 0 Å². The highest BCUT2D eigenvalue weighted by Gasteiger charge is 2.28. The largest absolute Gasteiger partial charge is 0.468 e. The number of rotatable bonds is 6. The monoisotopic (exact) mass is 342 g/mol. The first-order valence-electron chi connectivity index (χ1n) is 7.01. The molecule has 0 bridgehead atoms. The van der Waals surface area contributed by atoms with E-state index in [4.69, 9.17) is 0 Å². The highest BCUT2D eigenvalue weighted by atomic mass is 32.2. The molecule has 0 spiro atoms. The fourth-order valence-electron chi connectivity index (χ4n) is 1.63. The number of hydrogen-bond acceptors (Lipinski definition) is 5. The second kappa shape index (κ2) is 7.56. The summed E-state index contributed by atoms with van der Waals surface area (Å²) in [6.07, 6.45) is 0. The van der Waals surface area contributed by atoms with E-state index in [1.54, 1.807) is 39.0 Å². The lowest BCUT2D eigenvalue weighted by Crippen LogP contribution is -2.50. The number of amides is 1. The molecule has 0 aromatic heterocycles. The average molecular weight is 342 g/mol. The first-order chi connectivity index (χ1) is 10.6. The van der Waals surface area contributed by atoms with E-state index < -0.39 is 27.4 Å². The molecular weight excluding hydrogens is 320 g/mol. The molecule has 128 valence electrons. The third-order valence-corrected chi connectivity index (χ3v) is 4.47. The SMILES string of the molecule is COC(=O)C(CNC(=O)C(C)(C)C)NS(=O)(=O)c1ccccc1. The highest BCUT2D eigenvalue weighted by molar-refractivity contribution is 7.89. The third-order valence-electron chi connectivity index (χ3n) is 2.98. The smallest absolute Gasteiger partial charge is 0.325 e. The quantitative estimate of drug-likeness (QED) is 0.740. The number of benzene rings is 1. The number of esters is 1. The second-order valence-corrected chi connectivity index (χ2v) is 7.68. The Morgan fingerprint density at radius 3 is 2.22 bits per heavy atom. The van der Waals surface area contributed by atoms with Gasteiger partial charge in [-0.25, -0.2) is 8.42 Å². The molecule has 0 aliphatic rings. The van der Waals surface area contributed by atoms with E-state index >= 15 is 0 Å². The Balaban J connectivity index is 2.88. The lowest BCUT2D eigenvalue weighted by molar-refractivity contribution is -0.142. The van der Waals surface area contributed by atoms with Gasteiger partial charge in [0.1, 0.15) is 6.04 Å². The Morgan fingerprint density at radius 1 is 1.17 bits per heavy atom. The van der Waals surface area contributed by atoms with Gasteiger partial charge in [0.15, 0.2) is 0 Å². The molecule has 1 aromatic rings. The van der Waals surface area contributed by atoms with Crippen molar-refractivity contribution in [2.75, 3.05) is 13.7 Å². The molecule has 0 heterocycles. The van der Waals surface area contributed by atoms with Gasteiger partial charge in [-0.1, -0.05) is 39.0 Å². The van der Waals surface area contributed by atoms with Crippen molar-refractivity contribution in [1.82, 2.24) is 10.0 Å².